The zero-order chi connectivity index (χ0) is 13.5. The molecule has 0 saturated carbocycles. The minimum atomic E-state index is -0.781. The third-order valence-electron chi connectivity index (χ3n) is 2.24. The van der Waals surface area contributed by atoms with Crippen LogP contribution in [0.15, 0.2) is 50.2 Å². The second kappa shape index (κ2) is 6.44. The molecule has 1 heterocycles. The number of aryl methyl sites for hydroxylation is 1. The molecular formula is C13H14O5. The minimum absolute atomic E-state index is 0.406. The maximum atomic E-state index is 10.5. The van der Waals surface area contributed by atoms with E-state index in [1.54, 1.807) is 13.8 Å². The highest BCUT2D eigenvalue weighted by Crippen LogP contribution is 2.13. The summed E-state index contributed by atoms with van der Waals surface area (Å²) in [6.45, 7) is 3.32. The molecular weight excluding hydrogens is 236 g/mol. The fraction of sp³-hybridized carbons (Fsp3) is 0.231. The topological polar surface area (TPSA) is 80.6 Å². The van der Waals surface area contributed by atoms with Gasteiger partial charge in [-0.25, -0.2) is 4.79 Å². The number of rotatable bonds is 2. The average molecular weight is 250 g/mol. The van der Waals surface area contributed by atoms with Gasteiger partial charge in [0.2, 0.25) is 0 Å². The summed E-state index contributed by atoms with van der Waals surface area (Å²) in [7, 11) is 0. The Kier molecular flexibility index (Phi) is 4.92. The van der Waals surface area contributed by atoms with E-state index in [0.29, 0.717) is 5.76 Å². The maximum absolute atomic E-state index is 10.5. The lowest BCUT2D eigenvalue weighted by atomic mass is 10.0. The number of carboxylic acids is 1. The molecule has 1 N–H and O–H groups in total. The van der Waals surface area contributed by atoms with E-state index >= 15 is 0 Å². The molecule has 0 radical (unpaired) electrons. The lowest BCUT2D eigenvalue weighted by molar-refractivity contribution is -0.138. The highest BCUT2D eigenvalue weighted by molar-refractivity contribution is 5.75. The molecule has 1 unspecified atom stereocenters. The van der Waals surface area contributed by atoms with Crippen LogP contribution in [0.4, 0.5) is 0 Å². The Morgan fingerprint density at radius 3 is 2.22 bits per heavy atom. The van der Waals surface area contributed by atoms with Crippen molar-refractivity contribution in [2.24, 2.45) is 0 Å². The van der Waals surface area contributed by atoms with E-state index in [-0.39, 0.29) is 0 Å². The van der Waals surface area contributed by atoms with Gasteiger partial charge >= 0.3 is 11.8 Å². The van der Waals surface area contributed by atoms with Crippen molar-refractivity contribution < 1.29 is 18.7 Å². The van der Waals surface area contributed by atoms with Crippen LogP contribution in [0.3, 0.4) is 0 Å². The first-order valence-electron chi connectivity index (χ1n) is 5.33. The van der Waals surface area contributed by atoms with Crippen LogP contribution in [0.2, 0.25) is 0 Å². The molecule has 2 aromatic rings. The van der Waals surface area contributed by atoms with Crippen LogP contribution in [0.25, 0.3) is 0 Å². The van der Waals surface area contributed by atoms with E-state index in [2.05, 4.69) is 8.83 Å². The number of carboxylic acid groups (broad SMARTS) is 1. The molecule has 5 nitrogen and oxygen atoms in total. The lowest BCUT2D eigenvalue weighted by Gasteiger charge is -2.04. The van der Waals surface area contributed by atoms with Crippen molar-refractivity contribution in [2.75, 3.05) is 0 Å². The average Bonchev–Trinajstić information content (AvgIpc) is 2.74. The summed E-state index contributed by atoms with van der Waals surface area (Å²) in [6, 6.07) is 9.19. The second-order valence-corrected chi connectivity index (χ2v) is 3.67. The van der Waals surface area contributed by atoms with Gasteiger partial charge in [-0.2, -0.15) is 0 Å². The van der Waals surface area contributed by atoms with E-state index in [1.165, 1.54) is 6.26 Å². The highest BCUT2D eigenvalue weighted by Gasteiger charge is 2.11. The molecule has 0 aliphatic rings. The fourth-order valence-electron chi connectivity index (χ4n) is 1.19. The van der Waals surface area contributed by atoms with Gasteiger partial charge in [0, 0.05) is 0 Å². The van der Waals surface area contributed by atoms with Gasteiger partial charge in [0.25, 0.3) is 0 Å². The summed E-state index contributed by atoms with van der Waals surface area (Å²) >= 11 is 0. The number of aliphatic carboxylic acids is 1. The molecule has 0 bridgehead atoms. The van der Waals surface area contributed by atoms with Gasteiger partial charge in [-0.1, -0.05) is 30.3 Å². The normalized spacial score (nSPS) is 11.2. The minimum Gasteiger partial charge on any atom is -0.481 e. The van der Waals surface area contributed by atoms with Crippen molar-refractivity contribution in [3.05, 3.63) is 58.5 Å². The van der Waals surface area contributed by atoms with Crippen LogP contribution in [0.1, 0.15) is 24.2 Å². The first kappa shape index (κ1) is 13.8. The molecule has 18 heavy (non-hydrogen) atoms. The van der Waals surface area contributed by atoms with Crippen molar-refractivity contribution in [1.29, 1.82) is 0 Å². The fourth-order valence-corrected chi connectivity index (χ4v) is 1.19. The van der Waals surface area contributed by atoms with Gasteiger partial charge in [0.15, 0.2) is 0 Å². The zero-order valence-corrected chi connectivity index (χ0v) is 10.1. The molecule has 0 amide bonds. The van der Waals surface area contributed by atoms with Crippen molar-refractivity contribution in [1.82, 2.24) is 0 Å². The highest BCUT2D eigenvalue weighted by atomic mass is 16.6. The zero-order valence-electron chi connectivity index (χ0n) is 10.1. The Labute approximate surface area is 104 Å². The summed E-state index contributed by atoms with van der Waals surface area (Å²) < 4.78 is 8.60. The maximum Gasteiger partial charge on any atom is 0.518 e. The Morgan fingerprint density at radius 1 is 1.28 bits per heavy atom. The Bertz CT molecular complexity index is 538. The molecule has 0 aliphatic carbocycles. The number of hydrogen-bond acceptors (Lipinski definition) is 4. The predicted octanol–water partition coefficient (Wildman–Crippen LogP) is 2.42. The molecule has 2 rings (SSSR count). The van der Waals surface area contributed by atoms with Crippen LogP contribution < -0.4 is 5.82 Å². The molecule has 0 saturated heterocycles. The van der Waals surface area contributed by atoms with Gasteiger partial charge in [-0.3, -0.25) is 4.79 Å². The van der Waals surface area contributed by atoms with E-state index in [0.717, 1.165) is 5.56 Å². The summed E-state index contributed by atoms with van der Waals surface area (Å²) in [5.41, 5.74) is 0.847. The smallest absolute Gasteiger partial charge is 0.481 e. The van der Waals surface area contributed by atoms with Crippen molar-refractivity contribution in [3.8, 4) is 0 Å². The van der Waals surface area contributed by atoms with E-state index in [4.69, 9.17) is 5.11 Å². The first-order valence-corrected chi connectivity index (χ1v) is 5.33. The standard InChI is InChI=1S/C9H10O2.C4H4O3/c1-7(9(10)11)8-5-3-2-4-6-8;1-3-2-6-4(5)7-3/h2-7H,1H3,(H,10,11);2H,1H3. The number of benzene rings is 1. The van der Waals surface area contributed by atoms with Gasteiger partial charge in [-0.15, -0.1) is 0 Å². The second-order valence-electron chi connectivity index (χ2n) is 3.67. The molecule has 0 aliphatic heterocycles. The van der Waals surface area contributed by atoms with Crippen molar-refractivity contribution in [2.45, 2.75) is 19.8 Å². The van der Waals surface area contributed by atoms with E-state index in [9.17, 15) is 9.59 Å². The SMILES string of the molecule is CC(C(=O)O)c1ccccc1.Cc1coc(=O)o1. The first-order chi connectivity index (χ1) is 8.50. The largest absolute Gasteiger partial charge is 0.518 e. The third kappa shape index (κ3) is 4.29. The quantitative estimate of drug-likeness (QED) is 0.885. The van der Waals surface area contributed by atoms with Gasteiger partial charge in [-0.05, 0) is 19.4 Å². The van der Waals surface area contributed by atoms with Gasteiger partial charge < -0.3 is 13.9 Å². The summed E-state index contributed by atoms with van der Waals surface area (Å²) in [5, 5.41) is 8.64. The number of hydrogen-bond donors (Lipinski definition) is 1. The van der Waals surface area contributed by atoms with Gasteiger partial charge in [0.1, 0.15) is 12.0 Å². The van der Waals surface area contributed by atoms with Gasteiger partial charge in [0.05, 0.1) is 5.92 Å². The molecule has 0 fully saturated rings. The molecule has 1 aromatic heterocycles. The predicted molar refractivity (Wildman–Crippen MR) is 64.5 cm³/mol. The van der Waals surface area contributed by atoms with Crippen molar-refractivity contribution in [3.63, 3.8) is 0 Å². The van der Waals surface area contributed by atoms with Crippen LogP contribution in [-0.4, -0.2) is 11.1 Å². The Hall–Kier alpha value is -2.30. The van der Waals surface area contributed by atoms with Crippen LogP contribution in [0, 0.1) is 6.92 Å². The molecule has 1 aromatic carbocycles. The van der Waals surface area contributed by atoms with Crippen LogP contribution >= 0.6 is 0 Å². The van der Waals surface area contributed by atoms with Crippen LogP contribution in [-0.2, 0) is 4.79 Å². The summed E-state index contributed by atoms with van der Waals surface area (Å²) in [6.07, 6.45) is 1.27. The lowest BCUT2D eigenvalue weighted by Crippen LogP contribution is -2.06. The van der Waals surface area contributed by atoms with E-state index < -0.39 is 17.7 Å². The Morgan fingerprint density at radius 2 is 1.89 bits per heavy atom. The molecule has 5 heteroatoms. The van der Waals surface area contributed by atoms with Crippen LogP contribution in [0.5, 0.6) is 0 Å². The van der Waals surface area contributed by atoms with E-state index in [1.807, 2.05) is 30.3 Å². The third-order valence-corrected chi connectivity index (χ3v) is 2.24. The van der Waals surface area contributed by atoms with Crippen molar-refractivity contribution >= 4 is 5.97 Å². The molecule has 0 spiro atoms. The molecule has 1 atom stereocenters. The summed E-state index contributed by atoms with van der Waals surface area (Å²) in [4.78, 5) is 20.5. The Balaban J connectivity index is 0.000000199. The number of carbonyl (C=O) groups is 1. The monoisotopic (exact) mass is 250 g/mol. The molecule has 96 valence electrons. The summed E-state index contributed by atoms with van der Waals surface area (Å²) in [5.74, 6) is -1.32.